The van der Waals surface area contributed by atoms with Gasteiger partial charge in [0.15, 0.2) is 5.79 Å². The van der Waals surface area contributed by atoms with Crippen LogP contribution in [0.5, 0.6) is 0 Å². The summed E-state index contributed by atoms with van der Waals surface area (Å²) in [5.41, 5.74) is 0.319. The van der Waals surface area contributed by atoms with Crippen LogP contribution in [0.25, 0.3) is 0 Å². The fourth-order valence-electron chi connectivity index (χ4n) is 6.33. The maximum Gasteiger partial charge on any atom is 0.461 e. The van der Waals surface area contributed by atoms with Gasteiger partial charge < -0.3 is 18.8 Å². The molecule has 0 amide bonds. The molecule has 0 radical (unpaired) electrons. The Morgan fingerprint density at radius 1 is 1.04 bits per heavy atom. The van der Waals surface area contributed by atoms with E-state index in [1.165, 1.54) is 19.3 Å². The Morgan fingerprint density at radius 2 is 1.83 bits per heavy atom. The summed E-state index contributed by atoms with van der Waals surface area (Å²) in [6.07, 6.45) is 7.03. The van der Waals surface area contributed by atoms with E-state index in [1.54, 1.807) is 0 Å². The Kier molecular flexibility index (Phi) is 3.13. The second-order valence-corrected chi connectivity index (χ2v) is 9.30. The van der Waals surface area contributed by atoms with Crippen molar-refractivity contribution in [1.82, 2.24) is 0 Å². The van der Waals surface area contributed by atoms with Crippen molar-refractivity contribution in [2.45, 2.75) is 82.6 Å². The van der Waals surface area contributed by atoms with E-state index >= 15 is 0 Å². The molecule has 3 unspecified atom stereocenters. The van der Waals surface area contributed by atoms with Crippen LogP contribution in [-0.2, 0) is 18.8 Å². The average Bonchev–Trinajstić information content (AvgIpc) is 3.10. The van der Waals surface area contributed by atoms with Gasteiger partial charge in [0.2, 0.25) is 0 Å². The average molecular weight is 320 g/mol. The standard InChI is InChI=1S/C18H29BO4/c1-16(2)12-9-14(16)17(3)15(10-12)22-19(23-17)13-5-4-6-18(11-13)20-7-8-21-18/h12-15H,4-11H2,1-3H3/t12?,13?,14-,15?,17-/m0/s1. The SMILES string of the molecule is CC1(C)C2CC3OB(C4CCCC5(C4)OCCO5)O[C@@]3(C)[C@H]1C2. The second-order valence-electron chi connectivity index (χ2n) is 9.30. The van der Waals surface area contributed by atoms with Crippen LogP contribution in [0.2, 0.25) is 5.82 Å². The van der Waals surface area contributed by atoms with Crippen LogP contribution in [0.1, 0.15) is 59.3 Å². The summed E-state index contributed by atoms with van der Waals surface area (Å²) in [5.74, 6) is 1.52. The highest BCUT2D eigenvalue weighted by atomic mass is 16.7. The van der Waals surface area contributed by atoms with Gasteiger partial charge in [-0.3, -0.25) is 0 Å². The summed E-state index contributed by atoms with van der Waals surface area (Å²) in [7, 11) is -0.0647. The molecule has 6 rings (SSSR count). The van der Waals surface area contributed by atoms with Gasteiger partial charge in [0.05, 0.1) is 24.9 Å². The van der Waals surface area contributed by atoms with Crippen LogP contribution in [0.3, 0.4) is 0 Å². The Morgan fingerprint density at radius 3 is 2.57 bits per heavy atom. The van der Waals surface area contributed by atoms with Gasteiger partial charge in [-0.05, 0) is 49.3 Å². The molecule has 4 aliphatic carbocycles. The van der Waals surface area contributed by atoms with Crippen molar-refractivity contribution in [3.63, 3.8) is 0 Å². The van der Waals surface area contributed by atoms with E-state index in [1.807, 2.05) is 0 Å². The molecule has 2 aliphatic heterocycles. The molecule has 128 valence electrons. The summed E-state index contributed by atoms with van der Waals surface area (Å²) in [4.78, 5) is 0. The molecule has 4 saturated carbocycles. The third-order valence-corrected chi connectivity index (χ3v) is 7.87. The first-order chi connectivity index (χ1) is 10.9. The zero-order chi connectivity index (χ0) is 15.9. The molecule has 23 heavy (non-hydrogen) atoms. The maximum atomic E-state index is 6.65. The minimum Gasteiger partial charge on any atom is -0.405 e. The van der Waals surface area contributed by atoms with Crippen LogP contribution in [0, 0.1) is 17.3 Å². The Balaban J connectivity index is 1.34. The van der Waals surface area contributed by atoms with E-state index in [-0.39, 0.29) is 24.6 Å². The lowest BCUT2D eigenvalue weighted by molar-refractivity contribution is -0.199. The predicted molar refractivity (Wildman–Crippen MR) is 87.0 cm³/mol. The quantitative estimate of drug-likeness (QED) is 0.694. The second kappa shape index (κ2) is 4.75. The van der Waals surface area contributed by atoms with Crippen molar-refractivity contribution >= 4 is 7.12 Å². The largest absolute Gasteiger partial charge is 0.461 e. The molecule has 0 aromatic rings. The van der Waals surface area contributed by atoms with Gasteiger partial charge in [-0.15, -0.1) is 0 Å². The lowest BCUT2D eigenvalue weighted by Crippen LogP contribution is -2.65. The van der Waals surface area contributed by atoms with Crippen LogP contribution in [0.4, 0.5) is 0 Å². The zero-order valence-corrected chi connectivity index (χ0v) is 14.7. The summed E-state index contributed by atoms with van der Waals surface area (Å²) >= 11 is 0. The normalized spacial score (nSPS) is 50.0. The molecule has 0 aromatic heterocycles. The highest BCUT2D eigenvalue weighted by molar-refractivity contribution is 6.47. The van der Waals surface area contributed by atoms with Gasteiger partial charge in [-0.1, -0.05) is 20.3 Å². The number of hydrogen-bond donors (Lipinski definition) is 0. The van der Waals surface area contributed by atoms with E-state index in [9.17, 15) is 0 Å². The number of hydrogen-bond acceptors (Lipinski definition) is 4. The third-order valence-electron chi connectivity index (χ3n) is 7.87. The molecule has 2 bridgehead atoms. The molecule has 4 nitrogen and oxygen atoms in total. The van der Waals surface area contributed by atoms with E-state index in [4.69, 9.17) is 18.8 Å². The number of ether oxygens (including phenoxy) is 2. The van der Waals surface area contributed by atoms with E-state index in [0.717, 1.165) is 38.4 Å². The van der Waals surface area contributed by atoms with Crippen molar-refractivity contribution in [3.8, 4) is 0 Å². The van der Waals surface area contributed by atoms with Gasteiger partial charge >= 0.3 is 7.12 Å². The third kappa shape index (κ3) is 2.00. The van der Waals surface area contributed by atoms with Crippen LogP contribution < -0.4 is 0 Å². The van der Waals surface area contributed by atoms with E-state index in [2.05, 4.69) is 20.8 Å². The van der Waals surface area contributed by atoms with Crippen molar-refractivity contribution < 1.29 is 18.8 Å². The van der Waals surface area contributed by atoms with Crippen molar-refractivity contribution in [2.75, 3.05) is 13.2 Å². The van der Waals surface area contributed by atoms with Gasteiger partial charge in [0.1, 0.15) is 0 Å². The minimum atomic E-state index is -0.342. The molecule has 6 aliphatic rings. The van der Waals surface area contributed by atoms with Crippen molar-refractivity contribution in [3.05, 3.63) is 0 Å². The van der Waals surface area contributed by atoms with Gasteiger partial charge in [-0.25, -0.2) is 0 Å². The minimum absolute atomic E-state index is 0.0647. The molecular weight excluding hydrogens is 291 g/mol. The lowest BCUT2D eigenvalue weighted by Gasteiger charge is -2.64. The smallest absolute Gasteiger partial charge is 0.405 e. The fourth-order valence-corrected chi connectivity index (χ4v) is 6.33. The Labute approximate surface area is 139 Å². The molecule has 5 atom stereocenters. The zero-order valence-electron chi connectivity index (χ0n) is 14.7. The maximum absolute atomic E-state index is 6.65. The molecule has 0 N–H and O–H groups in total. The van der Waals surface area contributed by atoms with Crippen LogP contribution in [0.15, 0.2) is 0 Å². The van der Waals surface area contributed by atoms with Gasteiger partial charge in [0, 0.05) is 12.8 Å². The molecule has 0 aromatic carbocycles. The fraction of sp³-hybridized carbons (Fsp3) is 1.00. The molecule has 1 spiro atoms. The summed E-state index contributed by atoms with van der Waals surface area (Å²) < 4.78 is 25.0. The first-order valence-corrected chi connectivity index (χ1v) is 9.54. The summed E-state index contributed by atoms with van der Waals surface area (Å²) in [6.45, 7) is 8.61. The van der Waals surface area contributed by atoms with Crippen LogP contribution in [-0.4, -0.2) is 37.8 Å². The molecule has 6 fully saturated rings. The first-order valence-electron chi connectivity index (χ1n) is 9.54. The van der Waals surface area contributed by atoms with Crippen molar-refractivity contribution in [1.29, 1.82) is 0 Å². The predicted octanol–water partition coefficient (Wildman–Crippen LogP) is 3.40. The van der Waals surface area contributed by atoms with Gasteiger partial charge in [-0.2, -0.15) is 0 Å². The topological polar surface area (TPSA) is 36.9 Å². The van der Waals surface area contributed by atoms with Gasteiger partial charge in [0.25, 0.3) is 0 Å². The van der Waals surface area contributed by atoms with E-state index < -0.39 is 0 Å². The Hall–Kier alpha value is -0.0951. The van der Waals surface area contributed by atoms with Crippen LogP contribution >= 0.6 is 0 Å². The molecular formula is C18H29BO4. The monoisotopic (exact) mass is 320 g/mol. The summed E-state index contributed by atoms with van der Waals surface area (Å²) in [5, 5.41) is 0. The molecule has 5 heteroatoms. The lowest BCUT2D eigenvalue weighted by atomic mass is 9.43. The highest BCUT2D eigenvalue weighted by Gasteiger charge is 2.68. The molecule has 2 saturated heterocycles. The molecule has 2 heterocycles. The highest BCUT2D eigenvalue weighted by Crippen LogP contribution is 2.66. The first kappa shape index (κ1) is 15.2. The van der Waals surface area contributed by atoms with Crippen molar-refractivity contribution in [2.24, 2.45) is 17.3 Å². The Bertz CT molecular complexity index is 503. The summed E-state index contributed by atoms with van der Waals surface area (Å²) in [6, 6.07) is 0. The van der Waals surface area contributed by atoms with E-state index in [0.29, 0.717) is 17.2 Å². The number of rotatable bonds is 1.